The lowest BCUT2D eigenvalue weighted by Gasteiger charge is -2.31. The number of nitrogens with one attached hydrogen (secondary N) is 1. The Morgan fingerprint density at radius 3 is 3.17 bits per heavy atom. The number of carbonyl (C=O) groups is 2. The first-order valence-electron chi connectivity index (χ1n) is 8.35. The number of para-hydroxylation sites is 1. The predicted molar refractivity (Wildman–Crippen MR) is 84.9 cm³/mol. The number of amides is 2. The number of aromatic nitrogens is 2. The fourth-order valence-corrected chi connectivity index (χ4v) is 4.49. The Hall–Kier alpha value is -2.41. The Kier molecular flexibility index (Phi) is 2.79. The van der Waals surface area contributed by atoms with Crippen LogP contribution >= 0.6 is 0 Å². The van der Waals surface area contributed by atoms with Crippen molar-refractivity contribution in [1.29, 1.82) is 0 Å². The second-order valence-electron chi connectivity index (χ2n) is 6.69. The normalized spacial score (nSPS) is 28.7. The van der Waals surface area contributed by atoms with Crippen LogP contribution < -0.4 is 0 Å². The van der Waals surface area contributed by atoms with Crippen LogP contribution in [0.25, 0.3) is 10.9 Å². The van der Waals surface area contributed by atoms with Gasteiger partial charge in [0.15, 0.2) is 5.72 Å². The van der Waals surface area contributed by atoms with Crippen LogP contribution in [0.3, 0.4) is 0 Å². The molecule has 3 aliphatic rings. The van der Waals surface area contributed by atoms with Crippen molar-refractivity contribution in [1.82, 2.24) is 20.0 Å². The minimum absolute atomic E-state index is 0.0245. The van der Waals surface area contributed by atoms with Crippen LogP contribution in [-0.2, 0) is 20.7 Å². The van der Waals surface area contributed by atoms with Crippen LogP contribution in [0.4, 0.5) is 0 Å². The summed E-state index contributed by atoms with van der Waals surface area (Å²) in [5, 5.41) is 8.19. The maximum Gasteiger partial charge on any atom is 0.229 e. The zero-order valence-electron chi connectivity index (χ0n) is 13.2. The molecule has 3 saturated heterocycles. The van der Waals surface area contributed by atoms with E-state index in [0.29, 0.717) is 32.5 Å². The van der Waals surface area contributed by atoms with Gasteiger partial charge in [0.25, 0.3) is 0 Å². The topological polar surface area (TPSA) is 78.5 Å². The smallest absolute Gasteiger partial charge is 0.229 e. The number of ether oxygens (including phenoxy) is 1. The van der Waals surface area contributed by atoms with Crippen molar-refractivity contribution in [2.45, 2.75) is 31.0 Å². The number of rotatable bonds is 2. The maximum atomic E-state index is 12.9. The predicted octanol–water partition coefficient (Wildman–Crippen LogP) is 0.665. The molecule has 0 saturated carbocycles. The second kappa shape index (κ2) is 4.80. The van der Waals surface area contributed by atoms with Gasteiger partial charge in [-0.05, 0) is 6.07 Å². The highest BCUT2D eigenvalue weighted by molar-refractivity contribution is 5.89. The highest BCUT2D eigenvalue weighted by Gasteiger charge is 2.62. The van der Waals surface area contributed by atoms with Crippen molar-refractivity contribution >= 4 is 22.7 Å². The van der Waals surface area contributed by atoms with Gasteiger partial charge in [-0.3, -0.25) is 14.7 Å². The summed E-state index contributed by atoms with van der Waals surface area (Å²) in [6.07, 6.45) is 1.34. The number of nitrogens with zero attached hydrogens (tertiary/aromatic N) is 3. The summed E-state index contributed by atoms with van der Waals surface area (Å²) in [6.45, 7) is 1.84. The van der Waals surface area contributed by atoms with Crippen LogP contribution in [0, 0.1) is 0 Å². The maximum absolute atomic E-state index is 12.9. The van der Waals surface area contributed by atoms with Crippen molar-refractivity contribution in [3.8, 4) is 0 Å². The monoisotopic (exact) mass is 326 g/mol. The van der Waals surface area contributed by atoms with E-state index in [2.05, 4.69) is 10.2 Å². The van der Waals surface area contributed by atoms with Gasteiger partial charge in [0, 0.05) is 24.9 Å². The molecule has 0 radical (unpaired) electrons. The Morgan fingerprint density at radius 1 is 1.38 bits per heavy atom. The number of aromatic amines is 1. The third-order valence-corrected chi connectivity index (χ3v) is 5.59. The summed E-state index contributed by atoms with van der Waals surface area (Å²) >= 11 is 0. The van der Waals surface area contributed by atoms with Gasteiger partial charge in [-0.25, -0.2) is 0 Å². The molecule has 5 rings (SSSR count). The van der Waals surface area contributed by atoms with Crippen LogP contribution in [-0.4, -0.2) is 63.3 Å². The summed E-state index contributed by atoms with van der Waals surface area (Å²) in [6, 6.07) is 7.60. The Morgan fingerprint density at radius 2 is 2.25 bits per heavy atom. The molecule has 1 spiro atoms. The summed E-state index contributed by atoms with van der Waals surface area (Å²) in [5.41, 5.74) is 1.12. The molecule has 2 atom stereocenters. The van der Waals surface area contributed by atoms with Gasteiger partial charge in [0.05, 0.1) is 36.7 Å². The van der Waals surface area contributed by atoms with Crippen LogP contribution in [0.15, 0.2) is 24.3 Å². The highest BCUT2D eigenvalue weighted by atomic mass is 16.5. The molecular formula is C17H18N4O3. The van der Waals surface area contributed by atoms with Gasteiger partial charge in [-0.2, -0.15) is 5.10 Å². The second-order valence-corrected chi connectivity index (χ2v) is 6.69. The molecular weight excluding hydrogens is 308 g/mol. The highest BCUT2D eigenvalue weighted by Crippen LogP contribution is 2.45. The third kappa shape index (κ3) is 1.73. The van der Waals surface area contributed by atoms with Crippen molar-refractivity contribution in [2.24, 2.45) is 0 Å². The molecule has 0 aliphatic carbocycles. The molecule has 1 aromatic carbocycles. The number of carbonyl (C=O) groups excluding carboxylic acids is 2. The zero-order chi connectivity index (χ0) is 16.3. The van der Waals surface area contributed by atoms with E-state index in [0.717, 1.165) is 16.6 Å². The molecule has 2 amide bonds. The SMILES string of the molecule is O=C(Cc1[nH]nc2ccccc12)N1CC[C@@]23OCCN2C(=O)C[C@@H]13. The van der Waals surface area contributed by atoms with E-state index in [4.69, 9.17) is 4.74 Å². The molecule has 0 unspecified atom stereocenters. The molecule has 0 bridgehead atoms. The fourth-order valence-electron chi connectivity index (χ4n) is 4.49. The molecule has 1 aromatic heterocycles. The number of hydrogen-bond donors (Lipinski definition) is 1. The zero-order valence-corrected chi connectivity index (χ0v) is 13.2. The first kappa shape index (κ1) is 14.0. The largest absolute Gasteiger partial charge is 0.351 e. The van der Waals surface area contributed by atoms with Crippen LogP contribution in [0.2, 0.25) is 0 Å². The standard InChI is InChI=1S/C17H18N4O3/c22-15(9-13-11-3-1-2-4-12(11)18-19-13)20-6-5-17-14(20)10-16(23)21(17)7-8-24-17/h1-4,14H,5-10H2,(H,18,19)/t14-,17+/m1/s1. The lowest BCUT2D eigenvalue weighted by Crippen LogP contribution is -2.49. The lowest BCUT2D eigenvalue weighted by molar-refractivity contribution is -0.139. The lowest BCUT2D eigenvalue weighted by atomic mass is 10.1. The fraction of sp³-hybridized carbons (Fsp3) is 0.471. The number of likely N-dealkylation sites (tertiary alicyclic amines) is 1. The van der Waals surface area contributed by atoms with Gasteiger partial charge in [0.2, 0.25) is 11.8 Å². The third-order valence-electron chi connectivity index (χ3n) is 5.59. The summed E-state index contributed by atoms with van der Waals surface area (Å²) in [4.78, 5) is 28.8. The van der Waals surface area contributed by atoms with E-state index in [1.165, 1.54) is 0 Å². The average Bonchev–Trinajstić information content (AvgIpc) is 3.30. The van der Waals surface area contributed by atoms with Gasteiger partial charge >= 0.3 is 0 Å². The van der Waals surface area contributed by atoms with Gasteiger partial charge < -0.3 is 14.5 Å². The first-order valence-corrected chi connectivity index (χ1v) is 8.35. The number of fused-ring (bicyclic) bond motifs is 1. The number of hydrogen-bond acceptors (Lipinski definition) is 4. The summed E-state index contributed by atoms with van der Waals surface area (Å²) in [5.74, 6) is 0.124. The van der Waals surface area contributed by atoms with Crippen molar-refractivity contribution in [3.05, 3.63) is 30.0 Å². The number of benzene rings is 1. The van der Waals surface area contributed by atoms with E-state index < -0.39 is 5.72 Å². The molecule has 124 valence electrons. The van der Waals surface area contributed by atoms with Gasteiger partial charge in [-0.1, -0.05) is 18.2 Å². The van der Waals surface area contributed by atoms with E-state index in [1.54, 1.807) is 0 Å². The average molecular weight is 326 g/mol. The van der Waals surface area contributed by atoms with Crippen molar-refractivity contribution in [2.75, 3.05) is 19.7 Å². The van der Waals surface area contributed by atoms with E-state index in [-0.39, 0.29) is 24.3 Å². The first-order chi connectivity index (χ1) is 11.7. The quantitative estimate of drug-likeness (QED) is 0.880. The summed E-state index contributed by atoms with van der Waals surface area (Å²) < 4.78 is 5.94. The molecule has 7 heteroatoms. The molecule has 2 aromatic rings. The minimum atomic E-state index is -0.567. The Labute approximate surface area is 138 Å². The molecule has 3 fully saturated rings. The van der Waals surface area contributed by atoms with Crippen molar-refractivity contribution in [3.63, 3.8) is 0 Å². The Balaban J connectivity index is 1.41. The van der Waals surface area contributed by atoms with E-state index in [1.807, 2.05) is 34.1 Å². The molecule has 3 aliphatic heterocycles. The molecule has 4 heterocycles. The molecule has 7 nitrogen and oxygen atoms in total. The molecule has 1 N–H and O–H groups in total. The van der Waals surface area contributed by atoms with Gasteiger partial charge in [0.1, 0.15) is 0 Å². The number of H-pyrrole nitrogens is 1. The Bertz CT molecular complexity index is 847. The minimum Gasteiger partial charge on any atom is -0.351 e. The van der Waals surface area contributed by atoms with Crippen LogP contribution in [0.5, 0.6) is 0 Å². The summed E-state index contributed by atoms with van der Waals surface area (Å²) in [7, 11) is 0. The molecule has 24 heavy (non-hydrogen) atoms. The van der Waals surface area contributed by atoms with Crippen molar-refractivity contribution < 1.29 is 14.3 Å². The van der Waals surface area contributed by atoms with Crippen LogP contribution in [0.1, 0.15) is 18.5 Å². The van der Waals surface area contributed by atoms with E-state index >= 15 is 0 Å². The van der Waals surface area contributed by atoms with Gasteiger partial charge in [-0.15, -0.1) is 0 Å². The van der Waals surface area contributed by atoms with E-state index in [9.17, 15) is 9.59 Å².